The Balaban J connectivity index is 1.67. The van der Waals surface area contributed by atoms with E-state index in [9.17, 15) is 14.7 Å². The molecule has 9 nitrogen and oxygen atoms in total. The summed E-state index contributed by atoms with van der Waals surface area (Å²) in [6.45, 7) is 5.74. The molecule has 1 fully saturated rings. The predicted octanol–water partition coefficient (Wildman–Crippen LogP) is 5.72. The molecule has 1 aliphatic rings. The SMILES string of the molecule is CCC(=O)Nc1ccc(N2C(=S)N[C@H](c3ccccn3)[C@H]2c2cc(C)n(-c3ccccc3C(=O)O)c2C)cc1OC. The number of aromatic nitrogens is 2. The van der Waals surface area contributed by atoms with Crippen LogP contribution in [-0.2, 0) is 4.79 Å². The van der Waals surface area contributed by atoms with Crippen molar-refractivity contribution in [1.82, 2.24) is 14.9 Å². The lowest BCUT2D eigenvalue weighted by Crippen LogP contribution is -2.29. The number of thiocarbonyl (C=S) groups is 1. The van der Waals surface area contributed by atoms with Crippen LogP contribution in [0, 0.1) is 13.8 Å². The van der Waals surface area contributed by atoms with Gasteiger partial charge in [-0.1, -0.05) is 25.1 Å². The lowest BCUT2D eigenvalue weighted by molar-refractivity contribution is -0.115. The largest absolute Gasteiger partial charge is 0.494 e. The van der Waals surface area contributed by atoms with E-state index in [4.69, 9.17) is 17.0 Å². The number of hydrogen-bond donors (Lipinski definition) is 3. The van der Waals surface area contributed by atoms with Crippen LogP contribution in [-0.4, -0.2) is 38.8 Å². The van der Waals surface area contributed by atoms with Gasteiger partial charge in [-0.2, -0.15) is 0 Å². The Morgan fingerprint density at radius 1 is 1.10 bits per heavy atom. The number of pyridine rings is 1. The molecule has 0 bridgehead atoms. The number of carbonyl (C=O) groups excluding carboxylic acids is 1. The Kier molecular flexibility index (Phi) is 7.76. The van der Waals surface area contributed by atoms with E-state index in [-0.39, 0.29) is 23.6 Å². The summed E-state index contributed by atoms with van der Waals surface area (Å²) >= 11 is 5.90. The fourth-order valence-electron chi connectivity index (χ4n) is 5.43. The van der Waals surface area contributed by atoms with Gasteiger partial charge < -0.3 is 29.9 Å². The van der Waals surface area contributed by atoms with Crippen molar-refractivity contribution in [2.45, 2.75) is 39.3 Å². The number of para-hydroxylation sites is 1. The van der Waals surface area contributed by atoms with Crippen molar-refractivity contribution >= 4 is 40.6 Å². The standard InChI is InChI=1S/C31H31N5O4S/c1-5-27(37)33-23-14-13-20(17-26(23)40-4)36-29(28(34-31(36)41)24-11-8-9-15-32-24)22-16-18(2)35(19(22)3)25-12-7-6-10-21(25)30(38)39/h6-17,28-29H,5H2,1-4H3,(H,33,37)(H,34,41)(H,38,39)/t28-,29-/m1/s1. The number of ether oxygens (including phenoxy) is 1. The third kappa shape index (κ3) is 5.14. The molecular formula is C31H31N5O4S. The molecule has 10 heteroatoms. The Morgan fingerprint density at radius 3 is 2.54 bits per heavy atom. The first-order valence-electron chi connectivity index (χ1n) is 13.2. The molecule has 1 amide bonds. The fraction of sp³-hybridized carbons (Fsp3) is 0.226. The van der Waals surface area contributed by atoms with Gasteiger partial charge in [-0.15, -0.1) is 0 Å². The van der Waals surface area contributed by atoms with Crippen molar-refractivity contribution in [2.75, 3.05) is 17.3 Å². The van der Waals surface area contributed by atoms with Gasteiger partial charge >= 0.3 is 5.97 Å². The lowest BCUT2D eigenvalue weighted by atomic mass is 9.96. The molecule has 0 unspecified atom stereocenters. The zero-order chi connectivity index (χ0) is 29.3. The summed E-state index contributed by atoms with van der Waals surface area (Å²) in [6.07, 6.45) is 2.10. The van der Waals surface area contributed by atoms with E-state index in [2.05, 4.69) is 21.7 Å². The highest BCUT2D eigenvalue weighted by Crippen LogP contribution is 2.45. The fourth-order valence-corrected chi connectivity index (χ4v) is 5.77. The second-order valence-corrected chi connectivity index (χ2v) is 10.2. The van der Waals surface area contributed by atoms with E-state index in [1.165, 1.54) is 0 Å². The number of aromatic carboxylic acids is 1. The van der Waals surface area contributed by atoms with Gasteiger partial charge in [0.2, 0.25) is 5.91 Å². The van der Waals surface area contributed by atoms with E-state index in [0.29, 0.717) is 28.7 Å². The molecule has 0 spiro atoms. The number of benzene rings is 2. The van der Waals surface area contributed by atoms with Gasteiger partial charge in [-0.05, 0) is 74.1 Å². The number of carbonyl (C=O) groups is 2. The van der Waals surface area contributed by atoms with Crippen LogP contribution in [0.2, 0.25) is 0 Å². The maximum absolute atomic E-state index is 12.1. The Hall–Kier alpha value is -4.70. The molecule has 5 rings (SSSR count). The minimum absolute atomic E-state index is 0.114. The molecule has 1 aliphatic heterocycles. The average Bonchev–Trinajstić information content (AvgIpc) is 3.48. The van der Waals surface area contributed by atoms with Crippen molar-refractivity contribution in [3.63, 3.8) is 0 Å². The molecule has 1 saturated heterocycles. The number of rotatable bonds is 8. The second-order valence-electron chi connectivity index (χ2n) is 9.77. The second kappa shape index (κ2) is 11.4. The van der Waals surface area contributed by atoms with Gasteiger partial charge in [0, 0.05) is 35.8 Å². The van der Waals surface area contributed by atoms with Crippen LogP contribution in [0.25, 0.3) is 5.69 Å². The molecule has 2 atom stereocenters. The van der Waals surface area contributed by atoms with E-state index in [0.717, 1.165) is 28.3 Å². The molecule has 3 heterocycles. The summed E-state index contributed by atoms with van der Waals surface area (Å²) in [5, 5.41) is 16.7. The first kappa shape index (κ1) is 27.9. The molecule has 41 heavy (non-hydrogen) atoms. The maximum atomic E-state index is 12.1. The Morgan fingerprint density at radius 2 is 1.85 bits per heavy atom. The van der Waals surface area contributed by atoms with Crippen molar-refractivity contribution < 1.29 is 19.4 Å². The van der Waals surface area contributed by atoms with Gasteiger partial charge in [0.1, 0.15) is 5.75 Å². The average molecular weight is 570 g/mol. The molecular weight excluding hydrogens is 538 g/mol. The number of nitrogens with one attached hydrogen (secondary N) is 2. The zero-order valence-corrected chi connectivity index (χ0v) is 24.0. The van der Waals surface area contributed by atoms with E-state index < -0.39 is 5.97 Å². The summed E-state index contributed by atoms with van der Waals surface area (Å²) in [7, 11) is 1.56. The number of amides is 1. The van der Waals surface area contributed by atoms with E-state index in [1.54, 1.807) is 32.4 Å². The highest BCUT2D eigenvalue weighted by molar-refractivity contribution is 7.80. The van der Waals surface area contributed by atoms with Crippen LogP contribution in [0.4, 0.5) is 11.4 Å². The van der Waals surface area contributed by atoms with E-state index >= 15 is 0 Å². The minimum atomic E-state index is -0.992. The van der Waals surface area contributed by atoms with Gasteiger partial charge in [0.25, 0.3) is 0 Å². The van der Waals surface area contributed by atoms with Crippen molar-refractivity contribution in [2.24, 2.45) is 0 Å². The molecule has 2 aromatic heterocycles. The quantitative estimate of drug-likeness (QED) is 0.231. The van der Waals surface area contributed by atoms with Gasteiger partial charge in [-0.3, -0.25) is 9.78 Å². The Bertz CT molecular complexity index is 1630. The number of aryl methyl sites for hydroxylation is 1. The number of hydrogen-bond acceptors (Lipinski definition) is 5. The van der Waals surface area contributed by atoms with E-state index in [1.807, 2.05) is 71.8 Å². The summed E-state index contributed by atoms with van der Waals surface area (Å²) in [4.78, 5) is 30.8. The molecule has 2 aromatic carbocycles. The lowest BCUT2D eigenvalue weighted by Gasteiger charge is -2.29. The van der Waals surface area contributed by atoms with Crippen molar-refractivity contribution in [1.29, 1.82) is 0 Å². The highest BCUT2D eigenvalue weighted by Gasteiger charge is 2.42. The van der Waals surface area contributed by atoms with Crippen LogP contribution in [0.15, 0.2) is 72.9 Å². The summed E-state index contributed by atoms with van der Waals surface area (Å²) < 4.78 is 7.61. The molecule has 3 N–H and O–H groups in total. The molecule has 0 saturated carbocycles. The van der Waals surface area contributed by atoms with Crippen LogP contribution < -0.4 is 20.3 Å². The molecule has 210 valence electrons. The minimum Gasteiger partial charge on any atom is -0.494 e. The first-order valence-corrected chi connectivity index (χ1v) is 13.7. The third-order valence-corrected chi connectivity index (χ3v) is 7.64. The number of methoxy groups -OCH3 is 1. The number of carboxylic acids is 1. The van der Waals surface area contributed by atoms with Crippen LogP contribution in [0.3, 0.4) is 0 Å². The first-order chi connectivity index (χ1) is 19.7. The smallest absolute Gasteiger partial charge is 0.337 e. The highest BCUT2D eigenvalue weighted by atomic mass is 32.1. The number of anilines is 2. The monoisotopic (exact) mass is 569 g/mol. The van der Waals surface area contributed by atoms with Crippen molar-refractivity contribution in [3.05, 3.63) is 101 Å². The third-order valence-electron chi connectivity index (χ3n) is 7.32. The maximum Gasteiger partial charge on any atom is 0.337 e. The Labute approximate surface area is 243 Å². The molecule has 4 aromatic rings. The van der Waals surface area contributed by atoms with Crippen LogP contribution in [0.1, 0.15) is 58.4 Å². The van der Waals surface area contributed by atoms with Crippen molar-refractivity contribution in [3.8, 4) is 11.4 Å². The van der Waals surface area contributed by atoms with Gasteiger partial charge in [0.15, 0.2) is 5.11 Å². The molecule has 0 aliphatic carbocycles. The van der Waals surface area contributed by atoms with Gasteiger partial charge in [0.05, 0.1) is 41.8 Å². The number of nitrogens with zero attached hydrogens (tertiary/aromatic N) is 3. The van der Waals surface area contributed by atoms with Gasteiger partial charge in [-0.25, -0.2) is 4.79 Å². The predicted molar refractivity (Wildman–Crippen MR) is 162 cm³/mol. The van der Waals surface area contributed by atoms with Crippen LogP contribution in [0.5, 0.6) is 5.75 Å². The zero-order valence-electron chi connectivity index (χ0n) is 23.2. The topological polar surface area (TPSA) is 109 Å². The van der Waals surface area contributed by atoms with Crippen LogP contribution >= 0.6 is 12.2 Å². The summed E-state index contributed by atoms with van der Waals surface area (Å²) in [6, 6.07) is 19.8. The number of carboxylic acid groups (broad SMARTS) is 1. The summed E-state index contributed by atoms with van der Waals surface area (Å²) in [5.74, 6) is -0.599. The normalized spacial score (nSPS) is 16.4. The summed E-state index contributed by atoms with van der Waals surface area (Å²) in [5.41, 5.74) is 5.71. The molecule has 0 radical (unpaired) electrons.